The molecule has 0 N–H and O–H groups in total. The second kappa shape index (κ2) is 5.74. The third kappa shape index (κ3) is 2.70. The van der Waals surface area contributed by atoms with E-state index in [4.69, 9.17) is 9.47 Å². The smallest absolute Gasteiger partial charge is 0.122 e. The third-order valence-electron chi connectivity index (χ3n) is 4.60. The normalized spacial score (nSPS) is 30.9. The van der Waals surface area contributed by atoms with Crippen LogP contribution in [0.2, 0.25) is 0 Å². The van der Waals surface area contributed by atoms with E-state index in [1.54, 1.807) is 7.11 Å². The minimum atomic E-state index is 0.345. The van der Waals surface area contributed by atoms with Crippen molar-refractivity contribution < 1.29 is 9.47 Å². The van der Waals surface area contributed by atoms with E-state index in [9.17, 15) is 0 Å². The molecule has 1 aromatic rings. The fraction of sp³-hybridized carbons (Fsp3) is 0.647. The summed E-state index contributed by atoms with van der Waals surface area (Å²) in [7, 11) is 1.78. The fourth-order valence-electron chi connectivity index (χ4n) is 3.76. The Morgan fingerprint density at radius 3 is 2.65 bits per heavy atom. The zero-order chi connectivity index (χ0) is 14.1. The quantitative estimate of drug-likeness (QED) is 0.828. The molecule has 1 saturated heterocycles. The molecule has 1 fully saturated rings. The van der Waals surface area contributed by atoms with Gasteiger partial charge in [-0.15, -0.1) is 0 Å². The maximum Gasteiger partial charge on any atom is 0.122 e. The van der Waals surface area contributed by atoms with Gasteiger partial charge in [0.15, 0.2) is 0 Å². The first-order valence-electron chi connectivity index (χ1n) is 7.71. The number of hydrogen-bond donors (Lipinski definition) is 0. The van der Waals surface area contributed by atoms with Gasteiger partial charge in [-0.1, -0.05) is 12.1 Å². The lowest BCUT2D eigenvalue weighted by Crippen LogP contribution is -2.51. The van der Waals surface area contributed by atoms with Crippen LogP contribution in [0.25, 0.3) is 0 Å². The Morgan fingerprint density at radius 2 is 1.95 bits per heavy atom. The van der Waals surface area contributed by atoms with Gasteiger partial charge in [-0.25, -0.2) is 0 Å². The van der Waals surface area contributed by atoms with Crippen molar-refractivity contribution in [3.63, 3.8) is 0 Å². The van der Waals surface area contributed by atoms with E-state index in [-0.39, 0.29) is 0 Å². The van der Waals surface area contributed by atoms with Crippen molar-refractivity contribution in [1.29, 1.82) is 0 Å². The van der Waals surface area contributed by atoms with Crippen LogP contribution in [0.4, 0.5) is 0 Å². The zero-order valence-electron chi connectivity index (χ0n) is 12.8. The number of morpholine rings is 1. The average molecular weight is 275 g/mol. The van der Waals surface area contributed by atoms with E-state index < -0.39 is 0 Å². The summed E-state index contributed by atoms with van der Waals surface area (Å²) in [4.78, 5) is 2.62. The standard InChI is InChI=1S/C17H25NO2/c1-12-10-18(11-13(2)20-12)15-8-7-14-5-4-6-17(19-3)16(14)9-15/h4-6,12-13,15H,7-11H2,1-3H3/t12-,13+,15?. The zero-order valence-corrected chi connectivity index (χ0v) is 12.8. The van der Waals surface area contributed by atoms with Crippen LogP contribution in [0.3, 0.4) is 0 Å². The van der Waals surface area contributed by atoms with Crippen LogP contribution >= 0.6 is 0 Å². The Morgan fingerprint density at radius 1 is 1.20 bits per heavy atom. The molecular formula is C17H25NO2. The maximum absolute atomic E-state index is 5.86. The third-order valence-corrected chi connectivity index (χ3v) is 4.60. The lowest BCUT2D eigenvalue weighted by Gasteiger charge is -2.42. The molecule has 0 bridgehead atoms. The van der Waals surface area contributed by atoms with E-state index in [1.807, 2.05) is 0 Å². The molecule has 1 aliphatic heterocycles. The molecule has 110 valence electrons. The summed E-state index contributed by atoms with van der Waals surface area (Å²) in [5.74, 6) is 1.06. The van der Waals surface area contributed by atoms with Crippen molar-refractivity contribution in [2.24, 2.45) is 0 Å². The van der Waals surface area contributed by atoms with Gasteiger partial charge < -0.3 is 9.47 Å². The van der Waals surface area contributed by atoms with E-state index >= 15 is 0 Å². The highest BCUT2D eigenvalue weighted by molar-refractivity contribution is 5.42. The number of rotatable bonds is 2. The summed E-state index contributed by atoms with van der Waals surface area (Å²) in [5.41, 5.74) is 2.88. The SMILES string of the molecule is COc1cccc2c1CC(N1C[C@@H](C)O[C@@H](C)C1)CC2. The van der Waals surface area contributed by atoms with Crippen LogP contribution in [-0.2, 0) is 17.6 Å². The second-order valence-electron chi connectivity index (χ2n) is 6.21. The molecule has 3 heteroatoms. The molecule has 20 heavy (non-hydrogen) atoms. The predicted octanol–water partition coefficient (Wildman–Crippen LogP) is 2.66. The lowest BCUT2D eigenvalue weighted by atomic mass is 9.86. The molecule has 1 heterocycles. The minimum Gasteiger partial charge on any atom is -0.496 e. The van der Waals surface area contributed by atoms with Crippen molar-refractivity contribution in [1.82, 2.24) is 4.90 Å². The molecular weight excluding hydrogens is 250 g/mol. The first-order valence-corrected chi connectivity index (χ1v) is 7.71. The summed E-state index contributed by atoms with van der Waals surface area (Å²) >= 11 is 0. The molecule has 0 aromatic heterocycles. The summed E-state index contributed by atoms with van der Waals surface area (Å²) in [6, 6.07) is 7.08. The average Bonchev–Trinajstić information content (AvgIpc) is 2.45. The highest BCUT2D eigenvalue weighted by Crippen LogP contribution is 2.32. The molecule has 3 rings (SSSR count). The largest absolute Gasteiger partial charge is 0.496 e. The Balaban J connectivity index is 1.78. The van der Waals surface area contributed by atoms with Gasteiger partial charge in [0.1, 0.15) is 5.75 Å². The minimum absolute atomic E-state index is 0.345. The van der Waals surface area contributed by atoms with Crippen LogP contribution in [0.1, 0.15) is 31.4 Å². The number of ether oxygens (including phenoxy) is 2. The summed E-state index contributed by atoms with van der Waals surface area (Å²) in [6.45, 7) is 6.47. The van der Waals surface area contributed by atoms with Crippen LogP contribution in [0.15, 0.2) is 18.2 Å². The summed E-state index contributed by atoms with van der Waals surface area (Å²) in [6.07, 6.45) is 4.21. The van der Waals surface area contributed by atoms with Crippen molar-refractivity contribution in [2.45, 2.75) is 51.4 Å². The van der Waals surface area contributed by atoms with Crippen molar-refractivity contribution in [2.75, 3.05) is 20.2 Å². The van der Waals surface area contributed by atoms with Gasteiger partial charge in [-0.2, -0.15) is 0 Å². The van der Waals surface area contributed by atoms with Crippen LogP contribution in [-0.4, -0.2) is 43.3 Å². The Kier molecular flexibility index (Phi) is 3.99. The van der Waals surface area contributed by atoms with E-state index in [0.717, 1.165) is 31.7 Å². The molecule has 1 aliphatic carbocycles. The fourth-order valence-corrected chi connectivity index (χ4v) is 3.76. The van der Waals surface area contributed by atoms with E-state index in [0.29, 0.717) is 18.2 Å². The van der Waals surface area contributed by atoms with Crippen molar-refractivity contribution in [3.05, 3.63) is 29.3 Å². The van der Waals surface area contributed by atoms with Crippen LogP contribution in [0, 0.1) is 0 Å². The molecule has 3 atom stereocenters. The molecule has 0 amide bonds. The van der Waals surface area contributed by atoms with Gasteiger partial charge in [0.2, 0.25) is 0 Å². The number of methoxy groups -OCH3 is 1. The topological polar surface area (TPSA) is 21.7 Å². The molecule has 3 nitrogen and oxygen atoms in total. The summed E-state index contributed by atoms with van der Waals surface area (Å²) < 4.78 is 11.4. The van der Waals surface area contributed by atoms with Crippen molar-refractivity contribution in [3.8, 4) is 5.75 Å². The van der Waals surface area contributed by atoms with Crippen molar-refractivity contribution >= 4 is 0 Å². The first-order chi connectivity index (χ1) is 9.67. The number of aryl methyl sites for hydroxylation is 1. The van der Waals surface area contributed by atoms with E-state index in [1.165, 1.54) is 17.5 Å². The first kappa shape index (κ1) is 13.9. The number of nitrogens with zero attached hydrogens (tertiary/aromatic N) is 1. The number of fused-ring (bicyclic) bond motifs is 1. The summed E-state index contributed by atoms with van der Waals surface area (Å²) in [5, 5.41) is 0. The molecule has 0 spiro atoms. The van der Waals surface area contributed by atoms with Gasteiger partial charge in [0, 0.05) is 19.1 Å². The van der Waals surface area contributed by atoms with Gasteiger partial charge >= 0.3 is 0 Å². The molecule has 0 radical (unpaired) electrons. The van der Waals surface area contributed by atoms with Crippen LogP contribution < -0.4 is 4.74 Å². The Hall–Kier alpha value is -1.06. The molecule has 0 saturated carbocycles. The second-order valence-corrected chi connectivity index (χ2v) is 6.21. The van der Waals surface area contributed by atoms with E-state index in [2.05, 4.69) is 36.9 Å². The maximum atomic E-state index is 5.86. The highest BCUT2D eigenvalue weighted by atomic mass is 16.5. The Bertz CT molecular complexity index is 450. The molecule has 1 aromatic carbocycles. The highest BCUT2D eigenvalue weighted by Gasteiger charge is 2.31. The monoisotopic (exact) mass is 275 g/mol. The number of hydrogen-bond acceptors (Lipinski definition) is 3. The lowest BCUT2D eigenvalue weighted by molar-refractivity contribution is -0.0816. The Labute approximate surface area is 121 Å². The predicted molar refractivity (Wildman–Crippen MR) is 80.4 cm³/mol. The number of benzene rings is 1. The van der Waals surface area contributed by atoms with Gasteiger partial charge in [-0.3, -0.25) is 4.90 Å². The van der Waals surface area contributed by atoms with Gasteiger partial charge in [0.05, 0.1) is 19.3 Å². The van der Waals surface area contributed by atoms with Gasteiger partial charge in [-0.05, 0) is 50.3 Å². The molecule has 2 aliphatic rings. The van der Waals surface area contributed by atoms with Gasteiger partial charge in [0.25, 0.3) is 0 Å². The van der Waals surface area contributed by atoms with Crippen LogP contribution in [0.5, 0.6) is 5.75 Å². The molecule has 1 unspecified atom stereocenters.